The Morgan fingerprint density at radius 1 is 0.913 bits per heavy atom. The van der Waals surface area contributed by atoms with Gasteiger partial charge in [-0.2, -0.15) is 0 Å². The zero-order valence-corrected chi connectivity index (χ0v) is 13.0. The standard InChI is InChI=1S/C21H19NO/c23-15-17-6-8-19-11-16(5-7-20(19)12-17)13-22-10-9-18-3-1-2-4-21(18)14-22/h1-8,11-12,15H,9-10,13-14H2. The summed E-state index contributed by atoms with van der Waals surface area (Å²) in [6.07, 6.45) is 2.03. The van der Waals surface area contributed by atoms with Crippen molar-refractivity contribution in [3.63, 3.8) is 0 Å². The number of nitrogens with zero attached hydrogens (tertiary/aromatic N) is 1. The van der Waals surface area contributed by atoms with Crippen molar-refractivity contribution in [1.29, 1.82) is 0 Å². The van der Waals surface area contributed by atoms with E-state index in [1.165, 1.54) is 22.1 Å². The van der Waals surface area contributed by atoms with Gasteiger partial charge in [-0.1, -0.05) is 48.5 Å². The predicted molar refractivity (Wildman–Crippen MR) is 93.6 cm³/mol. The van der Waals surface area contributed by atoms with Gasteiger partial charge in [-0.05, 0) is 46.0 Å². The maximum atomic E-state index is 10.9. The minimum Gasteiger partial charge on any atom is -0.298 e. The van der Waals surface area contributed by atoms with Crippen LogP contribution in [-0.2, 0) is 19.5 Å². The molecule has 23 heavy (non-hydrogen) atoms. The highest BCUT2D eigenvalue weighted by molar-refractivity contribution is 5.89. The molecule has 1 aliphatic rings. The van der Waals surface area contributed by atoms with Crippen LogP contribution < -0.4 is 0 Å². The third-order valence-electron chi connectivity index (χ3n) is 4.68. The molecule has 0 N–H and O–H groups in total. The molecule has 4 rings (SSSR count). The summed E-state index contributed by atoms with van der Waals surface area (Å²) in [6, 6.07) is 21.1. The second-order valence-electron chi connectivity index (χ2n) is 6.29. The van der Waals surface area contributed by atoms with Crippen molar-refractivity contribution in [2.75, 3.05) is 6.54 Å². The number of fused-ring (bicyclic) bond motifs is 2. The number of hydrogen-bond donors (Lipinski definition) is 0. The van der Waals surface area contributed by atoms with Gasteiger partial charge >= 0.3 is 0 Å². The Morgan fingerprint density at radius 2 is 1.70 bits per heavy atom. The van der Waals surface area contributed by atoms with E-state index in [1.807, 2.05) is 18.2 Å². The van der Waals surface area contributed by atoms with Crippen LogP contribution in [0.15, 0.2) is 60.7 Å². The first-order valence-corrected chi connectivity index (χ1v) is 8.09. The molecule has 0 aromatic heterocycles. The number of carbonyl (C=O) groups excluding carboxylic acids is 1. The van der Waals surface area contributed by atoms with Gasteiger partial charge in [0, 0.05) is 25.2 Å². The summed E-state index contributed by atoms with van der Waals surface area (Å²) in [7, 11) is 0. The Bertz CT molecular complexity index is 869. The van der Waals surface area contributed by atoms with Crippen LogP contribution in [0.1, 0.15) is 27.0 Å². The normalized spacial score (nSPS) is 14.6. The van der Waals surface area contributed by atoms with Gasteiger partial charge in [0.2, 0.25) is 0 Å². The van der Waals surface area contributed by atoms with Gasteiger partial charge in [0.15, 0.2) is 0 Å². The molecule has 0 amide bonds. The van der Waals surface area contributed by atoms with Crippen LogP contribution in [0, 0.1) is 0 Å². The lowest BCUT2D eigenvalue weighted by atomic mass is 9.99. The van der Waals surface area contributed by atoms with E-state index in [2.05, 4.69) is 47.4 Å². The molecule has 0 radical (unpaired) electrons. The highest BCUT2D eigenvalue weighted by Crippen LogP contribution is 2.22. The van der Waals surface area contributed by atoms with E-state index in [0.717, 1.165) is 43.3 Å². The number of benzene rings is 3. The van der Waals surface area contributed by atoms with E-state index < -0.39 is 0 Å². The molecule has 0 spiro atoms. The highest BCUT2D eigenvalue weighted by atomic mass is 16.1. The van der Waals surface area contributed by atoms with Crippen LogP contribution in [0.4, 0.5) is 0 Å². The van der Waals surface area contributed by atoms with Crippen molar-refractivity contribution in [2.24, 2.45) is 0 Å². The fourth-order valence-electron chi connectivity index (χ4n) is 3.43. The first kappa shape index (κ1) is 14.2. The molecule has 0 fully saturated rings. The molecular weight excluding hydrogens is 282 g/mol. The molecule has 114 valence electrons. The Hall–Kier alpha value is -2.45. The van der Waals surface area contributed by atoms with E-state index in [4.69, 9.17) is 0 Å². The Morgan fingerprint density at radius 3 is 2.57 bits per heavy atom. The smallest absolute Gasteiger partial charge is 0.150 e. The molecule has 0 unspecified atom stereocenters. The Balaban J connectivity index is 1.55. The molecule has 0 saturated heterocycles. The van der Waals surface area contributed by atoms with E-state index in [0.29, 0.717) is 0 Å². The molecule has 2 nitrogen and oxygen atoms in total. The van der Waals surface area contributed by atoms with Gasteiger partial charge in [0.25, 0.3) is 0 Å². The quantitative estimate of drug-likeness (QED) is 0.675. The first-order valence-electron chi connectivity index (χ1n) is 8.09. The summed E-state index contributed by atoms with van der Waals surface area (Å²) in [5, 5.41) is 2.33. The lowest BCUT2D eigenvalue weighted by Gasteiger charge is -2.28. The van der Waals surface area contributed by atoms with E-state index in [1.54, 1.807) is 0 Å². The molecule has 0 bridgehead atoms. The Labute approximate surface area is 136 Å². The lowest BCUT2D eigenvalue weighted by molar-refractivity contribution is 0.112. The summed E-state index contributed by atoms with van der Waals surface area (Å²) in [5.74, 6) is 0. The highest BCUT2D eigenvalue weighted by Gasteiger charge is 2.15. The summed E-state index contributed by atoms with van der Waals surface area (Å²) in [4.78, 5) is 13.4. The van der Waals surface area contributed by atoms with Crippen LogP contribution in [-0.4, -0.2) is 17.7 Å². The molecule has 2 heteroatoms. The Kier molecular flexibility index (Phi) is 3.68. The van der Waals surface area contributed by atoms with Crippen molar-refractivity contribution >= 4 is 17.1 Å². The molecule has 1 aliphatic heterocycles. The zero-order valence-electron chi connectivity index (χ0n) is 13.0. The molecule has 1 heterocycles. The third-order valence-corrected chi connectivity index (χ3v) is 4.68. The largest absolute Gasteiger partial charge is 0.298 e. The topological polar surface area (TPSA) is 20.3 Å². The van der Waals surface area contributed by atoms with Crippen LogP contribution in [0.25, 0.3) is 10.8 Å². The zero-order chi connectivity index (χ0) is 15.6. The predicted octanol–water partition coefficient (Wildman–Crippen LogP) is 4.21. The summed E-state index contributed by atoms with van der Waals surface area (Å²) in [6.45, 7) is 3.11. The number of carbonyl (C=O) groups is 1. The molecular formula is C21H19NO. The first-order chi connectivity index (χ1) is 11.3. The molecule has 3 aromatic carbocycles. The second kappa shape index (κ2) is 5.98. The minimum absolute atomic E-state index is 0.734. The summed E-state index contributed by atoms with van der Waals surface area (Å²) >= 11 is 0. The van der Waals surface area contributed by atoms with Crippen molar-refractivity contribution in [3.8, 4) is 0 Å². The average molecular weight is 301 g/mol. The van der Waals surface area contributed by atoms with Crippen LogP contribution in [0.3, 0.4) is 0 Å². The SMILES string of the molecule is O=Cc1ccc2cc(CN3CCc4ccccc4C3)ccc2c1. The van der Waals surface area contributed by atoms with Crippen molar-refractivity contribution in [1.82, 2.24) is 4.90 Å². The fourth-order valence-corrected chi connectivity index (χ4v) is 3.43. The summed E-state index contributed by atoms with van der Waals surface area (Å²) in [5.41, 5.74) is 5.01. The maximum Gasteiger partial charge on any atom is 0.150 e. The fraction of sp³-hybridized carbons (Fsp3) is 0.190. The molecule has 0 aliphatic carbocycles. The maximum absolute atomic E-state index is 10.9. The van der Waals surface area contributed by atoms with Gasteiger partial charge in [0.05, 0.1) is 0 Å². The van der Waals surface area contributed by atoms with E-state index in [-0.39, 0.29) is 0 Å². The summed E-state index contributed by atoms with van der Waals surface area (Å²) < 4.78 is 0. The van der Waals surface area contributed by atoms with Gasteiger partial charge in [0.1, 0.15) is 6.29 Å². The van der Waals surface area contributed by atoms with Crippen molar-refractivity contribution < 1.29 is 4.79 Å². The van der Waals surface area contributed by atoms with Crippen molar-refractivity contribution in [3.05, 3.63) is 82.9 Å². The van der Waals surface area contributed by atoms with Gasteiger partial charge in [-0.3, -0.25) is 9.69 Å². The van der Waals surface area contributed by atoms with Gasteiger partial charge in [-0.25, -0.2) is 0 Å². The monoisotopic (exact) mass is 301 g/mol. The van der Waals surface area contributed by atoms with E-state index >= 15 is 0 Å². The number of rotatable bonds is 3. The number of hydrogen-bond acceptors (Lipinski definition) is 2. The van der Waals surface area contributed by atoms with E-state index in [9.17, 15) is 4.79 Å². The molecule has 3 aromatic rings. The van der Waals surface area contributed by atoms with Crippen LogP contribution in [0.5, 0.6) is 0 Å². The van der Waals surface area contributed by atoms with Gasteiger partial charge < -0.3 is 0 Å². The second-order valence-corrected chi connectivity index (χ2v) is 6.29. The lowest BCUT2D eigenvalue weighted by Crippen LogP contribution is -2.29. The average Bonchev–Trinajstić information content (AvgIpc) is 2.61. The molecule has 0 atom stereocenters. The minimum atomic E-state index is 0.734. The van der Waals surface area contributed by atoms with Gasteiger partial charge in [-0.15, -0.1) is 0 Å². The molecule has 0 saturated carbocycles. The number of aldehydes is 1. The van der Waals surface area contributed by atoms with Crippen LogP contribution in [0.2, 0.25) is 0 Å². The van der Waals surface area contributed by atoms with Crippen LogP contribution >= 0.6 is 0 Å². The third kappa shape index (κ3) is 2.90. The van der Waals surface area contributed by atoms with Crippen molar-refractivity contribution in [2.45, 2.75) is 19.5 Å².